The summed E-state index contributed by atoms with van der Waals surface area (Å²) in [6.07, 6.45) is 4.52. The van der Waals surface area contributed by atoms with E-state index >= 15 is 0 Å². The lowest BCUT2D eigenvalue weighted by Crippen LogP contribution is -2.29. The van der Waals surface area contributed by atoms with Crippen molar-refractivity contribution in [3.8, 4) is 0 Å². The number of halogens is 2. The number of hydrogen-bond acceptors (Lipinski definition) is 5. The zero-order valence-corrected chi connectivity index (χ0v) is 16.8. The van der Waals surface area contributed by atoms with Crippen LogP contribution in [-0.2, 0) is 9.53 Å². The van der Waals surface area contributed by atoms with Gasteiger partial charge in [0, 0.05) is 30.5 Å². The zero-order chi connectivity index (χ0) is 19.2. The predicted octanol–water partition coefficient (Wildman–Crippen LogP) is 4.12. The van der Waals surface area contributed by atoms with Gasteiger partial charge in [0.25, 0.3) is 0 Å². The molecule has 0 aliphatic heterocycles. The zero-order valence-electron chi connectivity index (χ0n) is 15.2. The molecular formula is C18H24BrFN2O3. The molecule has 0 aliphatic carbocycles. The van der Waals surface area contributed by atoms with E-state index in [2.05, 4.69) is 20.9 Å². The minimum atomic E-state index is -0.932. The van der Waals surface area contributed by atoms with Crippen molar-refractivity contribution in [3.63, 3.8) is 0 Å². The molecule has 0 fully saturated rings. The Labute approximate surface area is 156 Å². The molecule has 7 heteroatoms. The van der Waals surface area contributed by atoms with Crippen molar-refractivity contribution in [3.05, 3.63) is 40.0 Å². The van der Waals surface area contributed by atoms with Crippen molar-refractivity contribution in [2.75, 3.05) is 13.6 Å². The van der Waals surface area contributed by atoms with Gasteiger partial charge in [0.1, 0.15) is 11.2 Å². The first-order valence-electron chi connectivity index (χ1n) is 8.06. The van der Waals surface area contributed by atoms with Gasteiger partial charge in [-0.1, -0.05) is 13.3 Å². The fraction of sp³-hybridized carbons (Fsp3) is 0.500. The Hall–Kier alpha value is -1.76. The Morgan fingerprint density at radius 2 is 2.04 bits per heavy atom. The van der Waals surface area contributed by atoms with E-state index in [1.165, 1.54) is 18.5 Å². The fourth-order valence-corrected chi connectivity index (χ4v) is 2.29. The highest BCUT2D eigenvalue weighted by Crippen LogP contribution is 2.20. The molecule has 0 radical (unpaired) electrons. The quantitative estimate of drug-likeness (QED) is 0.167. The first-order chi connectivity index (χ1) is 11.5. The number of nitrogens with zero attached hydrogens (tertiary/aromatic N) is 2. The summed E-state index contributed by atoms with van der Waals surface area (Å²) in [5, 5.41) is 0. The van der Waals surface area contributed by atoms with Crippen LogP contribution in [0.15, 0.2) is 28.5 Å². The number of ether oxygens (including phenoxy) is 1. The van der Waals surface area contributed by atoms with Gasteiger partial charge in [0.2, 0.25) is 11.7 Å². The average Bonchev–Trinajstić information content (AvgIpc) is 2.50. The Morgan fingerprint density at radius 1 is 1.40 bits per heavy atom. The summed E-state index contributed by atoms with van der Waals surface area (Å²) in [4.78, 5) is 30.5. The Balaban J connectivity index is 3.25. The molecule has 0 unspecified atom stereocenters. The van der Waals surface area contributed by atoms with E-state index in [0.717, 1.165) is 12.8 Å². The van der Waals surface area contributed by atoms with Gasteiger partial charge in [-0.05, 0) is 49.2 Å². The third-order valence-electron chi connectivity index (χ3n) is 3.13. The van der Waals surface area contributed by atoms with E-state index in [9.17, 15) is 14.0 Å². The molecule has 0 bridgehead atoms. The summed E-state index contributed by atoms with van der Waals surface area (Å²) in [5.41, 5.74) is -1.28. The summed E-state index contributed by atoms with van der Waals surface area (Å²) >= 11 is 3.16. The second kappa shape index (κ2) is 9.08. The monoisotopic (exact) mass is 414 g/mol. The highest BCUT2D eigenvalue weighted by molar-refractivity contribution is 9.10. The predicted molar refractivity (Wildman–Crippen MR) is 97.7 cm³/mol. The average molecular weight is 415 g/mol. The van der Waals surface area contributed by atoms with Gasteiger partial charge in [-0.25, -0.2) is 9.78 Å². The van der Waals surface area contributed by atoms with Crippen LogP contribution in [0, 0.1) is 5.95 Å². The van der Waals surface area contributed by atoms with Crippen LogP contribution in [0.5, 0.6) is 0 Å². The number of unbranched alkanes of at least 4 members (excludes halogenated alkanes) is 1. The normalized spacial score (nSPS) is 12.0. The minimum absolute atomic E-state index is 0.229. The molecule has 0 aliphatic rings. The van der Waals surface area contributed by atoms with Gasteiger partial charge in [0.15, 0.2) is 0 Å². The summed E-state index contributed by atoms with van der Waals surface area (Å²) in [6.45, 7) is 7.81. The van der Waals surface area contributed by atoms with E-state index in [1.54, 1.807) is 32.7 Å². The second-order valence-corrected chi connectivity index (χ2v) is 7.62. The van der Waals surface area contributed by atoms with Gasteiger partial charge < -0.3 is 9.64 Å². The Kier molecular flexibility index (Phi) is 7.73. The lowest BCUT2D eigenvalue weighted by Gasteiger charge is -2.21. The van der Waals surface area contributed by atoms with E-state index in [4.69, 9.17) is 4.74 Å². The number of carbonyl (C=O) groups excluding carboxylic acids is 2. The fourth-order valence-electron chi connectivity index (χ4n) is 1.96. The molecule has 25 heavy (non-hydrogen) atoms. The molecule has 1 heterocycles. The van der Waals surface area contributed by atoms with Crippen LogP contribution >= 0.6 is 15.9 Å². The third kappa shape index (κ3) is 6.94. The lowest BCUT2D eigenvalue weighted by atomic mass is 10.0. The largest absolute Gasteiger partial charge is 0.456 e. The number of aromatic nitrogens is 1. The summed E-state index contributed by atoms with van der Waals surface area (Å²) in [5.74, 6) is -2.48. The number of rotatable bonds is 7. The lowest BCUT2D eigenvalue weighted by molar-refractivity contribution is -0.149. The van der Waals surface area contributed by atoms with Crippen LogP contribution in [0.2, 0.25) is 0 Å². The highest BCUT2D eigenvalue weighted by atomic mass is 79.9. The third-order valence-corrected chi connectivity index (χ3v) is 3.56. The number of hydrogen-bond donors (Lipinski definition) is 0. The molecule has 1 aromatic rings. The molecule has 0 atom stereocenters. The summed E-state index contributed by atoms with van der Waals surface area (Å²) in [6, 6.07) is 1.30. The van der Waals surface area contributed by atoms with Crippen LogP contribution in [0.4, 0.5) is 4.39 Å². The van der Waals surface area contributed by atoms with E-state index < -0.39 is 23.3 Å². The van der Waals surface area contributed by atoms with E-state index in [-0.39, 0.29) is 11.1 Å². The van der Waals surface area contributed by atoms with Crippen molar-refractivity contribution < 1.29 is 18.7 Å². The number of esters is 1. The first kappa shape index (κ1) is 21.3. The molecule has 0 N–H and O–H groups in total. The molecule has 0 saturated carbocycles. The molecule has 1 aromatic heterocycles. The van der Waals surface area contributed by atoms with E-state index in [1.807, 2.05) is 6.92 Å². The van der Waals surface area contributed by atoms with Gasteiger partial charge in [0.05, 0.1) is 5.56 Å². The SMILES string of the molecule is CCCCN(C)/C=C(\C(=O)OC(C)(C)C)C(=O)c1cc(Br)cnc1F. The number of ketones is 1. The minimum Gasteiger partial charge on any atom is -0.456 e. The standard InChI is InChI=1S/C18H24BrFN2O3/c1-6-7-8-22(5)11-14(17(24)25-18(2,3)4)15(23)13-9-12(19)10-21-16(13)20/h9-11H,6-8H2,1-5H3/b14-11-. The summed E-state index contributed by atoms with van der Waals surface area (Å²) in [7, 11) is 1.75. The van der Waals surface area contributed by atoms with Crippen LogP contribution in [0.1, 0.15) is 50.9 Å². The highest BCUT2D eigenvalue weighted by Gasteiger charge is 2.28. The maximum atomic E-state index is 14.0. The maximum Gasteiger partial charge on any atom is 0.344 e. The summed E-state index contributed by atoms with van der Waals surface area (Å²) < 4.78 is 19.7. The van der Waals surface area contributed by atoms with Crippen molar-refractivity contribution in [2.24, 2.45) is 0 Å². The second-order valence-electron chi connectivity index (χ2n) is 6.70. The Morgan fingerprint density at radius 3 is 2.60 bits per heavy atom. The molecule has 0 aromatic carbocycles. The van der Waals surface area contributed by atoms with Crippen molar-refractivity contribution in [1.29, 1.82) is 0 Å². The van der Waals surface area contributed by atoms with Gasteiger partial charge in [-0.3, -0.25) is 4.79 Å². The van der Waals surface area contributed by atoms with Crippen LogP contribution < -0.4 is 0 Å². The smallest absolute Gasteiger partial charge is 0.344 e. The molecule has 5 nitrogen and oxygen atoms in total. The van der Waals surface area contributed by atoms with Crippen LogP contribution in [0.3, 0.4) is 0 Å². The van der Waals surface area contributed by atoms with Gasteiger partial charge in [-0.2, -0.15) is 4.39 Å². The van der Waals surface area contributed by atoms with Crippen molar-refractivity contribution >= 4 is 27.7 Å². The number of carbonyl (C=O) groups is 2. The van der Waals surface area contributed by atoms with Gasteiger partial charge >= 0.3 is 5.97 Å². The van der Waals surface area contributed by atoms with Crippen molar-refractivity contribution in [1.82, 2.24) is 9.88 Å². The number of Topliss-reactive ketones (excluding diaryl/α,β-unsaturated/α-hetero) is 1. The Bertz CT molecular complexity index is 669. The van der Waals surface area contributed by atoms with Crippen LogP contribution in [0.25, 0.3) is 0 Å². The van der Waals surface area contributed by atoms with E-state index in [0.29, 0.717) is 11.0 Å². The molecular weight excluding hydrogens is 391 g/mol. The topological polar surface area (TPSA) is 59.5 Å². The molecule has 0 saturated heterocycles. The first-order valence-corrected chi connectivity index (χ1v) is 8.85. The molecule has 1 rings (SSSR count). The molecule has 138 valence electrons. The molecule has 0 amide bonds. The maximum absolute atomic E-state index is 14.0. The van der Waals surface area contributed by atoms with Crippen LogP contribution in [-0.4, -0.2) is 40.8 Å². The van der Waals surface area contributed by atoms with Crippen molar-refractivity contribution in [2.45, 2.75) is 46.1 Å². The molecule has 0 spiro atoms. The van der Waals surface area contributed by atoms with Gasteiger partial charge in [-0.15, -0.1) is 0 Å². The number of pyridine rings is 1.